The van der Waals surface area contributed by atoms with Gasteiger partial charge in [0.1, 0.15) is 24.3 Å². The molecule has 302 valence electrons. The van der Waals surface area contributed by atoms with Gasteiger partial charge in [-0.15, -0.1) is 0 Å². The Balaban J connectivity index is 0.929. The van der Waals surface area contributed by atoms with Crippen molar-refractivity contribution in [3.8, 4) is 33.6 Å². The van der Waals surface area contributed by atoms with Crippen LogP contribution in [0.4, 0.5) is 9.59 Å². The molecule has 8 rings (SSSR count). The monoisotopic (exact) mass is 787 g/mol. The number of amides is 3. The van der Waals surface area contributed by atoms with E-state index in [-0.39, 0.29) is 31.0 Å². The van der Waals surface area contributed by atoms with Crippen LogP contribution in [0.3, 0.4) is 0 Å². The number of carbonyl (C=O) groups excluding carboxylic acids is 3. The number of methoxy groups -OCH3 is 1. The Morgan fingerprint density at radius 3 is 1.98 bits per heavy atom. The minimum atomic E-state index is -0.890. The van der Waals surface area contributed by atoms with Crippen molar-refractivity contribution in [2.45, 2.75) is 70.1 Å². The SMILES string of the molecule is COC(=O)N[C@H](C(=O)N1CCC[C@H]1c1ncc(-c2ccc(-c3ccc(-c4cnc([C@@H]5CC6(CN5C(=O)OCc5ccccc5)OCCCO6)[nH]4)cc3)cc2)[nH]1)C(C)C. The third-order valence-corrected chi connectivity index (χ3v) is 11.2. The number of rotatable bonds is 10. The smallest absolute Gasteiger partial charge is 0.410 e. The first-order valence-electron chi connectivity index (χ1n) is 19.9. The number of aromatic nitrogens is 4. The highest BCUT2D eigenvalue weighted by Crippen LogP contribution is 2.42. The van der Waals surface area contributed by atoms with Crippen molar-refractivity contribution >= 4 is 18.1 Å². The lowest BCUT2D eigenvalue weighted by Gasteiger charge is -2.33. The van der Waals surface area contributed by atoms with E-state index in [4.69, 9.17) is 23.9 Å². The first-order chi connectivity index (χ1) is 28.2. The zero-order valence-electron chi connectivity index (χ0n) is 33.0. The molecule has 3 atom stereocenters. The zero-order valence-corrected chi connectivity index (χ0v) is 33.0. The summed E-state index contributed by atoms with van der Waals surface area (Å²) in [5, 5.41) is 2.70. The van der Waals surface area contributed by atoms with Crippen LogP contribution in [0.1, 0.15) is 68.8 Å². The molecule has 2 aromatic heterocycles. The van der Waals surface area contributed by atoms with Crippen LogP contribution in [0.25, 0.3) is 33.6 Å². The van der Waals surface area contributed by atoms with Crippen molar-refractivity contribution in [3.63, 3.8) is 0 Å². The first-order valence-corrected chi connectivity index (χ1v) is 19.9. The van der Waals surface area contributed by atoms with Crippen LogP contribution in [0.2, 0.25) is 0 Å². The molecule has 0 aliphatic carbocycles. The third-order valence-electron chi connectivity index (χ3n) is 11.2. The van der Waals surface area contributed by atoms with E-state index in [0.717, 1.165) is 64.3 Å². The van der Waals surface area contributed by atoms with Crippen LogP contribution in [0, 0.1) is 5.92 Å². The number of imidazole rings is 2. The second kappa shape index (κ2) is 16.9. The predicted molar refractivity (Wildman–Crippen MR) is 215 cm³/mol. The van der Waals surface area contributed by atoms with Crippen LogP contribution in [-0.2, 0) is 30.3 Å². The van der Waals surface area contributed by atoms with Crippen LogP contribution in [0.5, 0.6) is 0 Å². The number of alkyl carbamates (subject to hydrolysis) is 1. The summed E-state index contributed by atoms with van der Waals surface area (Å²) < 4.78 is 22.7. The Kier molecular flexibility index (Phi) is 11.3. The van der Waals surface area contributed by atoms with Crippen LogP contribution in [-0.4, -0.2) is 93.1 Å². The summed E-state index contributed by atoms with van der Waals surface area (Å²) in [6, 6.07) is 24.8. The number of carbonyl (C=O) groups is 3. The molecule has 0 unspecified atom stereocenters. The molecule has 3 N–H and O–H groups in total. The van der Waals surface area contributed by atoms with E-state index in [2.05, 4.69) is 68.8 Å². The van der Waals surface area contributed by atoms with E-state index in [0.29, 0.717) is 32.0 Å². The molecular formula is C44H49N7O7. The van der Waals surface area contributed by atoms with E-state index in [1.807, 2.05) is 49.1 Å². The van der Waals surface area contributed by atoms with E-state index < -0.39 is 30.1 Å². The van der Waals surface area contributed by atoms with Gasteiger partial charge in [0.05, 0.1) is 62.7 Å². The van der Waals surface area contributed by atoms with Crippen LogP contribution < -0.4 is 5.32 Å². The van der Waals surface area contributed by atoms with E-state index in [1.165, 1.54) is 7.11 Å². The number of H-pyrrole nitrogens is 2. The number of hydrogen-bond acceptors (Lipinski definition) is 9. The molecule has 3 amide bonds. The first kappa shape index (κ1) is 38.9. The predicted octanol–water partition coefficient (Wildman–Crippen LogP) is 7.39. The standard InChI is InChI=1S/C44H49N7O7/c1-28(2)38(49-42(53)55-3)41(52)50-20-7-11-36(50)39-45-24-34(47-39)32-16-12-30(13-17-32)31-14-18-33(19-15-31)35-25-46-40(48-35)37-23-44(57-21-8-22-58-44)27-51(37)43(54)56-26-29-9-5-4-6-10-29/h4-6,9-10,12-19,24-25,28,36-38H,7-8,11,20-23,26-27H2,1-3H3,(H,45,47)(H,46,48)(H,49,53)/t36-,37-,38-/m0/s1. The summed E-state index contributed by atoms with van der Waals surface area (Å²) in [6.07, 6.45) is 5.42. The minimum Gasteiger partial charge on any atom is -0.453 e. The molecule has 5 aromatic rings. The normalized spacial score (nSPS) is 19.4. The van der Waals surface area contributed by atoms with Gasteiger partial charge in [-0.2, -0.15) is 0 Å². The number of hydrogen-bond donors (Lipinski definition) is 3. The van der Waals surface area contributed by atoms with E-state index in [1.54, 1.807) is 17.3 Å². The van der Waals surface area contributed by atoms with Gasteiger partial charge in [0.25, 0.3) is 0 Å². The number of aromatic amines is 2. The fraction of sp³-hybridized carbons (Fsp3) is 0.386. The summed E-state index contributed by atoms with van der Waals surface area (Å²) in [6.45, 7) is 5.97. The Bertz CT molecular complexity index is 2200. The van der Waals surface area contributed by atoms with Crippen molar-refractivity contribution < 1.29 is 33.3 Å². The summed E-state index contributed by atoms with van der Waals surface area (Å²) in [5.41, 5.74) is 6.64. The van der Waals surface area contributed by atoms with Gasteiger partial charge in [-0.1, -0.05) is 92.7 Å². The molecule has 3 aromatic carbocycles. The summed E-state index contributed by atoms with van der Waals surface area (Å²) >= 11 is 0. The lowest BCUT2D eigenvalue weighted by molar-refractivity contribution is -0.257. The second-order valence-electron chi connectivity index (χ2n) is 15.4. The fourth-order valence-electron chi connectivity index (χ4n) is 8.09. The highest BCUT2D eigenvalue weighted by Gasteiger charge is 2.51. The maximum Gasteiger partial charge on any atom is 0.410 e. The van der Waals surface area contributed by atoms with Gasteiger partial charge >= 0.3 is 12.2 Å². The van der Waals surface area contributed by atoms with Gasteiger partial charge in [-0.25, -0.2) is 19.6 Å². The highest BCUT2D eigenvalue weighted by atomic mass is 16.7. The van der Waals surface area contributed by atoms with Gasteiger partial charge in [0.15, 0.2) is 5.79 Å². The van der Waals surface area contributed by atoms with Crippen molar-refractivity contribution in [1.29, 1.82) is 0 Å². The topological polar surface area (TPSA) is 164 Å². The van der Waals surface area contributed by atoms with Crippen LogP contribution >= 0.6 is 0 Å². The van der Waals surface area contributed by atoms with Crippen molar-refractivity contribution in [2.75, 3.05) is 33.4 Å². The number of ether oxygens (including phenoxy) is 4. The van der Waals surface area contributed by atoms with Gasteiger partial charge < -0.3 is 39.1 Å². The van der Waals surface area contributed by atoms with Gasteiger partial charge in [0.2, 0.25) is 5.91 Å². The Hall–Kier alpha value is -5.99. The minimum absolute atomic E-state index is 0.105. The zero-order chi connectivity index (χ0) is 40.2. The molecule has 3 aliphatic heterocycles. The Labute approximate surface area is 337 Å². The van der Waals surface area contributed by atoms with Crippen molar-refractivity contribution in [2.24, 2.45) is 5.92 Å². The van der Waals surface area contributed by atoms with Gasteiger partial charge in [0, 0.05) is 13.0 Å². The molecule has 0 radical (unpaired) electrons. The molecule has 0 bridgehead atoms. The maximum absolute atomic E-state index is 13.6. The van der Waals surface area contributed by atoms with Gasteiger partial charge in [-0.05, 0) is 53.0 Å². The molecule has 0 saturated carbocycles. The molecular weight excluding hydrogens is 739 g/mol. The van der Waals surface area contributed by atoms with Gasteiger partial charge in [-0.3, -0.25) is 9.69 Å². The molecule has 3 aliphatic rings. The van der Waals surface area contributed by atoms with E-state index >= 15 is 0 Å². The molecule has 3 saturated heterocycles. The fourth-order valence-corrected chi connectivity index (χ4v) is 8.09. The lowest BCUT2D eigenvalue weighted by Crippen LogP contribution is -2.51. The third kappa shape index (κ3) is 8.20. The largest absolute Gasteiger partial charge is 0.453 e. The second-order valence-corrected chi connectivity index (χ2v) is 15.4. The number of nitrogens with zero attached hydrogens (tertiary/aromatic N) is 4. The summed E-state index contributed by atoms with van der Waals surface area (Å²) in [4.78, 5) is 58.8. The summed E-state index contributed by atoms with van der Waals surface area (Å²) in [7, 11) is 1.29. The van der Waals surface area contributed by atoms with Crippen LogP contribution in [0.15, 0.2) is 91.3 Å². The number of nitrogens with one attached hydrogen (secondary N) is 3. The van der Waals surface area contributed by atoms with E-state index in [9.17, 15) is 14.4 Å². The molecule has 58 heavy (non-hydrogen) atoms. The quantitative estimate of drug-likeness (QED) is 0.131. The average Bonchev–Trinajstić information content (AvgIpc) is 4.09. The molecule has 5 heterocycles. The average molecular weight is 788 g/mol. The molecule has 1 spiro atoms. The van der Waals surface area contributed by atoms with Crippen molar-refractivity contribution in [1.82, 2.24) is 35.1 Å². The Morgan fingerprint density at radius 1 is 0.810 bits per heavy atom. The number of benzene rings is 3. The Morgan fingerprint density at radius 2 is 1.40 bits per heavy atom. The molecule has 14 nitrogen and oxygen atoms in total. The summed E-state index contributed by atoms with van der Waals surface area (Å²) in [5.74, 6) is 0.233. The molecule has 3 fully saturated rings. The maximum atomic E-state index is 13.6. The van der Waals surface area contributed by atoms with Crippen molar-refractivity contribution in [3.05, 3.63) is 108 Å². The highest BCUT2D eigenvalue weighted by molar-refractivity contribution is 5.86. The number of likely N-dealkylation sites (tertiary alicyclic amines) is 2. The molecule has 14 heteroatoms. The lowest BCUT2D eigenvalue weighted by atomic mass is 10.0.